The van der Waals surface area contributed by atoms with Gasteiger partial charge in [-0.3, -0.25) is 24.1 Å². The van der Waals surface area contributed by atoms with Gasteiger partial charge in [0.1, 0.15) is 42.3 Å². The maximum absolute atomic E-state index is 14.3. The molecule has 3 atom stereocenters. The van der Waals surface area contributed by atoms with E-state index >= 15 is 0 Å². The predicted molar refractivity (Wildman–Crippen MR) is 337 cm³/mol. The number of nitriles is 1. The predicted octanol–water partition coefficient (Wildman–Crippen LogP) is 10.1. The number of halogens is 3. The molecule has 2 saturated heterocycles. The Morgan fingerprint density at radius 2 is 1.40 bits per heavy atom. The Labute approximate surface area is 533 Å². The first-order chi connectivity index (χ1) is 43.3. The van der Waals surface area contributed by atoms with E-state index in [1.807, 2.05) is 51.1 Å². The molecule has 0 aliphatic carbocycles. The number of nitrogens with one attached hydrogen (secondary N) is 1. The van der Waals surface area contributed by atoms with Crippen LogP contribution in [0, 0.1) is 24.2 Å². The number of aromatic nitrogens is 1. The Morgan fingerprint density at radius 3 is 2.00 bits per heavy atom. The van der Waals surface area contributed by atoms with Crippen molar-refractivity contribution in [2.45, 2.75) is 123 Å². The number of hydrogen-bond acceptors (Lipinski definition) is 16. The van der Waals surface area contributed by atoms with Gasteiger partial charge in [-0.1, -0.05) is 44.2 Å². The van der Waals surface area contributed by atoms with Crippen molar-refractivity contribution in [3.63, 3.8) is 0 Å². The third-order valence-electron chi connectivity index (χ3n) is 15.8. The highest BCUT2D eigenvalue weighted by Crippen LogP contribution is 2.41. The van der Waals surface area contributed by atoms with Gasteiger partial charge in [0.2, 0.25) is 11.8 Å². The monoisotopic (exact) mass is 1280 g/mol. The van der Waals surface area contributed by atoms with Crippen molar-refractivity contribution in [2.75, 3.05) is 95.6 Å². The van der Waals surface area contributed by atoms with Crippen LogP contribution in [-0.4, -0.2) is 158 Å². The Kier molecular flexibility index (Phi) is 25.1. The topological polar surface area (TPSA) is 215 Å². The number of aliphatic hydroxyl groups is 1. The molecule has 4 amide bonds. The van der Waals surface area contributed by atoms with Crippen molar-refractivity contribution >= 4 is 63.7 Å². The number of rotatable bonds is 35. The zero-order valence-electron chi connectivity index (χ0n) is 51.6. The number of thiocarbonyl (C=S) groups is 1. The molecule has 3 aliphatic rings. The van der Waals surface area contributed by atoms with E-state index < -0.39 is 52.8 Å². The van der Waals surface area contributed by atoms with E-state index in [0.717, 1.165) is 82.8 Å². The maximum Gasteiger partial charge on any atom is 0.417 e. The summed E-state index contributed by atoms with van der Waals surface area (Å²) in [6.07, 6.45) is 0.117. The van der Waals surface area contributed by atoms with Gasteiger partial charge in [-0.2, -0.15) is 18.4 Å². The molecule has 19 nitrogen and oxygen atoms in total. The number of hydrogen-bond donors (Lipinski definition) is 2. The minimum Gasteiger partial charge on any atom is -0.491 e. The third-order valence-corrected chi connectivity index (χ3v) is 17.1. The highest BCUT2D eigenvalue weighted by Gasteiger charge is 2.51. The van der Waals surface area contributed by atoms with E-state index in [4.69, 9.17) is 45.4 Å². The molecule has 0 radical (unpaired) electrons. The fraction of sp³-hybridized carbons (Fsp3) is 0.500. The van der Waals surface area contributed by atoms with Crippen LogP contribution >= 0.6 is 23.6 Å². The maximum atomic E-state index is 14.3. The molecule has 5 aromatic rings. The normalized spacial score (nSPS) is 16.7. The Bertz CT molecular complexity index is 3290. The minimum absolute atomic E-state index is 0.00524. The summed E-state index contributed by atoms with van der Waals surface area (Å²) in [5.41, 5.74) is 3.34. The molecule has 484 valence electrons. The van der Waals surface area contributed by atoms with Gasteiger partial charge in [-0.05, 0) is 143 Å². The number of β-amino-alcohol motifs (C(OH)–C–C–N with tert-alkyl or cyclic N) is 1. The number of likely N-dealkylation sites (tertiary alicyclic amines) is 1. The summed E-state index contributed by atoms with van der Waals surface area (Å²) in [6, 6.07) is 22.9. The third kappa shape index (κ3) is 17.7. The minimum atomic E-state index is -4.79. The largest absolute Gasteiger partial charge is 0.491 e. The Hall–Kier alpha value is -7.08. The summed E-state index contributed by atoms with van der Waals surface area (Å²) < 4.78 is 82.1. The van der Waals surface area contributed by atoms with Crippen molar-refractivity contribution in [3.05, 3.63) is 124 Å². The van der Waals surface area contributed by atoms with Gasteiger partial charge in [0, 0.05) is 69.3 Å². The van der Waals surface area contributed by atoms with Gasteiger partial charge in [0.25, 0.3) is 11.8 Å². The quantitative estimate of drug-likeness (QED) is 0.0285. The standard InChI is InChI=1S/C66H80F3N7O12S2/c1-44(2)58(74-41-49-14-8-9-15-54(49)61(74)79)62(80)73-42-52(77)38-56(73)60(78)71-40-48-17-16-46(59-45(3)72-43-90-59)36-57(48)88-35-33-86-31-29-84-27-13-7-11-25-82-24-10-6-12-26-83-28-30-85-32-34-87-53-22-20-50(21-23-53)76-64(89)75(63(81)65(76,4)5)51-19-18-47(39-70)55(37-51)66(67,68)69/h8-9,14-23,36-37,43-44,52,56,58,77H,6-7,10-13,24-35,38,40-42H2,1-5H3,(H,71,78)/t52-,56+,58+/m1/s1. The molecular formula is C66H80F3N7O12S2. The second kappa shape index (κ2) is 32.8. The number of carbonyl (C=O) groups is 4. The smallest absolute Gasteiger partial charge is 0.417 e. The number of aryl methyl sites for hydroxylation is 1. The summed E-state index contributed by atoms with van der Waals surface area (Å²) in [6.45, 7) is 15.0. The van der Waals surface area contributed by atoms with Gasteiger partial charge >= 0.3 is 6.18 Å². The highest BCUT2D eigenvalue weighted by molar-refractivity contribution is 7.81. The van der Waals surface area contributed by atoms with E-state index in [-0.39, 0.29) is 61.3 Å². The van der Waals surface area contributed by atoms with Crippen LogP contribution in [0.4, 0.5) is 24.5 Å². The van der Waals surface area contributed by atoms with Gasteiger partial charge in [0.05, 0.1) is 84.7 Å². The van der Waals surface area contributed by atoms with Crippen LogP contribution in [-0.2, 0) is 57.3 Å². The van der Waals surface area contributed by atoms with Gasteiger partial charge < -0.3 is 58.3 Å². The van der Waals surface area contributed by atoms with Crippen LogP contribution < -0.4 is 24.6 Å². The number of nitrogens with zero attached hydrogens (tertiary/aromatic N) is 6. The molecule has 0 saturated carbocycles. The highest BCUT2D eigenvalue weighted by atomic mass is 32.1. The SMILES string of the molecule is Cc1ncsc1-c1ccc(CNC(=O)[C@@H]2C[C@@H](O)CN2C(=O)[C@H](C(C)C)N2Cc3ccccc3C2=O)c(OCCOCCOCCCCCOCCCCCOCCOCCOc2ccc(N3C(=S)N(c4ccc(C#N)c(C(F)(F)F)c4)C(=O)C3(C)C)cc2)c1. The van der Waals surface area contributed by atoms with Crippen LogP contribution in [0.2, 0.25) is 0 Å². The number of benzene rings is 4. The average molecular weight is 1280 g/mol. The zero-order valence-corrected chi connectivity index (χ0v) is 53.2. The van der Waals surface area contributed by atoms with Crippen LogP contribution in [0.5, 0.6) is 11.5 Å². The lowest BCUT2D eigenvalue weighted by Gasteiger charge is -2.35. The van der Waals surface area contributed by atoms with Crippen molar-refractivity contribution in [2.24, 2.45) is 5.92 Å². The fourth-order valence-corrected chi connectivity index (χ4v) is 12.4. The Balaban J connectivity index is 0.624. The lowest BCUT2D eigenvalue weighted by molar-refractivity contribution is -0.143. The molecule has 24 heteroatoms. The molecule has 0 bridgehead atoms. The molecule has 8 rings (SSSR count). The molecule has 2 fully saturated rings. The molecule has 3 aliphatic heterocycles. The number of anilines is 2. The summed E-state index contributed by atoms with van der Waals surface area (Å²) in [5, 5.41) is 23.0. The second-order valence-corrected chi connectivity index (χ2v) is 24.2. The second-order valence-electron chi connectivity index (χ2n) is 23.0. The van der Waals surface area contributed by atoms with Gasteiger partial charge in [0.15, 0.2) is 5.11 Å². The van der Waals surface area contributed by atoms with Crippen LogP contribution in [0.15, 0.2) is 90.4 Å². The Morgan fingerprint density at radius 1 is 0.800 bits per heavy atom. The molecule has 0 unspecified atom stereocenters. The first kappa shape index (κ1) is 68.8. The van der Waals surface area contributed by atoms with Crippen LogP contribution in [0.3, 0.4) is 0 Å². The van der Waals surface area contributed by atoms with Crippen molar-refractivity contribution < 1.29 is 70.6 Å². The first-order valence-electron chi connectivity index (χ1n) is 30.5. The van der Waals surface area contributed by atoms with Crippen molar-refractivity contribution in [1.82, 2.24) is 20.1 Å². The number of alkyl halides is 3. The summed E-state index contributed by atoms with van der Waals surface area (Å²) in [4.78, 5) is 66.2. The molecular weight excluding hydrogens is 1200 g/mol. The number of thiazole rings is 1. The van der Waals surface area contributed by atoms with Crippen LogP contribution in [0.1, 0.15) is 111 Å². The van der Waals surface area contributed by atoms with E-state index in [9.17, 15) is 42.7 Å². The summed E-state index contributed by atoms with van der Waals surface area (Å²) in [7, 11) is 0. The number of ether oxygens (including phenoxy) is 7. The van der Waals surface area contributed by atoms with E-state index in [0.29, 0.717) is 95.4 Å². The average Bonchev–Trinajstić information content (AvgIpc) is 1.59. The molecule has 2 N–H and O–H groups in total. The number of amides is 4. The molecule has 0 spiro atoms. The molecule has 4 heterocycles. The molecule has 1 aromatic heterocycles. The number of fused-ring (bicyclic) bond motifs is 1. The summed E-state index contributed by atoms with van der Waals surface area (Å²) >= 11 is 7.15. The number of unbranched alkanes of at least 4 members (excludes halogenated alkanes) is 4. The van der Waals surface area contributed by atoms with Gasteiger partial charge in [-0.15, -0.1) is 11.3 Å². The fourth-order valence-electron chi connectivity index (χ4n) is 11.1. The van der Waals surface area contributed by atoms with Crippen molar-refractivity contribution in [1.29, 1.82) is 5.26 Å². The number of aliphatic hydroxyl groups excluding tert-OH is 1. The van der Waals surface area contributed by atoms with E-state index in [2.05, 4.69) is 10.3 Å². The van der Waals surface area contributed by atoms with Crippen molar-refractivity contribution in [3.8, 4) is 28.0 Å². The zero-order chi connectivity index (χ0) is 64.4. The van der Waals surface area contributed by atoms with E-state index in [1.54, 1.807) is 71.6 Å². The van der Waals surface area contributed by atoms with Gasteiger partial charge in [-0.25, -0.2) is 4.98 Å². The number of carbonyl (C=O) groups excluding carboxylic acids is 4. The first-order valence-corrected chi connectivity index (χ1v) is 31.8. The van der Waals surface area contributed by atoms with E-state index in [1.165, 1.54) is 22.3 Å². The molecule has 90 heavy (non-hydrogen) atoms. The molecule has 4 aromatic carbocycles. The summed E-state index contributed by atoms with van der Waals surface area (Å²) in [5.74, 6) is -0.599. The lowest BCUT2D eigenvalue weighted by atomic mass is 10.0. The lowest BCUT2D eigenvalue weighted by Crippen LogP contribution is -2.55. The van der Waals surface area contributed by atoms with Crippen LogP contribution in [0.25, 0.3) is 10.4 Å².